The first kappa shape index (κ1) is 19.9. The van der Waals surface area contributed by atoms with Gasteiger partial charge in [0.1, 0.15) is 11.9 Å². The van der Waals surface area contributed by atoms with Crippen molar-refractivity contribution in [3.63, 3.8) is 0 Å². The highest BCUT2D eigenvalue weighted by Crippen LogP contribution is 2.22. The number of amides is 1. The van der Waals surface area contributed by atoms with Crippen LogP contribution in [0.3, 0.4) is 0 Å². The summed E-state index contributed by atoms with van der Waals surface area (Å²) in [6, 6.07) is 17.2. The molecule has 1 unspecified atom stereocenters. The van der Waals surface area contributed by atoms with Crippen molar-refractivity contribution in [1.29, 1.82) is 0 Å². The highest BCUT2D eigenvalue weighted by atomic mass is 16.5. The number of benzene rings is 2. The van der Waals surface area contributed by atoms with Crippen LogP contribution < -0.4 is 15.7 Å². The summed E-state index contributed by atoms with van der Waals surface area (Å²) in [5, 5.41) is 7.36. The highest BCUT2D eigenvalue weighted by molar-refractivity contribution is 5.76. The largest absolute Gasteiger partial charge is 0.497 e. The zero-order chi connectivity index (χ0) is 20.9. The molecule has 30 heavy (non-hydrogen) atoms. The van der Waals surface area contributed by atoms with E-state index in [2.05, 4.69) is 10.4 Å². The molecule has 8 nitrogen and oxygen atoms in total. The van der Waals surface area contributed by atoms with Crippen LogP contribution in [0.25, 0.3) is 0 Å². The second-order valence-corrected chi connectivity index (χ2v) is 7.13. The molecule has 1 aliphatic rings. The summed E-state index contributed by atoms with van der Waals surface area (Å²) in [7, 11) is 1.61. The van der Waals surface area contributed by atoms with Gasteiger partial charge in [-0.15, -0.1) is 0 Å². The average molecular weight is 408 g/mol. The first-order chi connectivity index (χ1) is 14.6. The van der Waals surface area contributed by atoms with Crippen molar-refractivity contribution in [2.45, 2.75) is 32.2 Å². The molecule has 8 heteroatoms. The summed E-state index contributed by atoms with van der Waals surface area (Å²) in [4.78, 5) is 25.2. The van der Waals surface area contributed by atoms with E-state index >= 15 is 0 Å². The van der Waals surface area contributed by atoms with E-state index in [1.54, 1.807) is 11.7 Å². The van der Waals surface area contributed by atoms with Crippen molar-refractivity contribution in [3.8, 4) is 5.75 Å². The van der Waals surface area contributed by atoms with Crippen LogP contribution in [0.1, 0.15) is 29.5 Å². The Morgan fingerprint density at radius 3 is 2.80 bits per heavy atom. The van der Waals surface area contributed by atoms with Crippen LogP contribution in [0.5, 0.6) is 5.75 Å². The van der Waals surface area contributed by atoms with Crippen molar-refractivity contribution < 1.29 is 14.3 Å². The van der Waals surface area contributed by atoms with Gasteiger partial charge in [0.05, 0.1) is 33.2 Å². The summed E-state index contributed by atoms with van der Waals surface area (Å²) in [5.74, 6) is 1.07. The Morgan fingerprint density at radius 1 is 1.20 bits per heavy atom. The van der Waals surface area contributed by atoms with Crippen molar-refractivity contribution in [3.05, 3.63) is 82.0 Å². The molecular formula is C22H24N4O4. The number of methoxy groups -OCH3 is 1. The normalized spacial score (nSPS) is 15.4. The summed E-state index contributed by atoms with van der Waals surface area (Å²) >= 11 is 0. The van der Waals surface area contributed by atoms with Crippen LogP contribution in [-0.4, -0.2) is 34.0 Å². The quantitative estimate of drug-likeness (QED) is 0.645. The molecule has 0 aliphatic carbocycles. The van der Waals surface area contributed by atoms with Crippen LogP contribution in [0.15, 0.2) is 59.4 Å². The molecule has 0 saturated heterocycles. The van der Waals surface area contributed by atoms with Crippen molar-refractivity contribution in [2.24, 2.45) is 0 Å². The number of ether oxygens (including phenoxy) is 2. The van der Waals surface area contributed by atoms with Gasteiger partial charge in [-0.25, -0.2) is 9.48 Å². The molecule has 0 radical (unpaired) electrons. The second kappa shape index (κ2) is 8.96. The van der Waals surface area contributed by atoms with Crippen LogP contribution in [0.2, 0.25) is 0 Å². The van der Waals surface area contributed by atoms with E-state index in [0.717, 1.165) is 16.9 Å². The maximum Gasteiger partial charge on any atom is 0.346 e. The Kier molecular flexibility index (Phi) is 5.94. The maximum atomic E-state index is 12.7. The fourth-order valence-electron chi connectivity index (χ4n) is 3.50. The van der Waals surface area contributed by atoms with Gasteiger partial charge in [-0.1, -0.05) is 42.5 Å². The van der Waals surface area contributed by atoms with Crippen LogP contribution >= 0.6 is 0 Å². The SMILES string of the molecule is COc1cccc(CNC(=O)CC2OCCn3c2nn(Cc2ccccc2)c3=O)c1. The minimum absolute atomic E-state index is 0.103. The summed E-state index contributed by atoms with van der Waals surface area (Å²) in [6.45, 7) is 1.58. The van der Waals surface area contributed by atoms with Gasteiger partial charge in [-0.2, -0.15) is 5.10 Å². The molecule has 0 fully saturated rings. The lowest BCUT2D eigenvalue weighted by Gasteiger charge is -2.22. The Hall–Kier alpha value is -3.39. The van der Waals surface area contributed by atoms with E-state index in [1.807, 2.05) is 54.6 Å². The van der Waals surface area contributed by atoms with E-state index < -0.39 is 6.10 Å². The molecule has 2 aromatic carbocycles. The average Bonchev–Trinajstić information content (AvgIpc) is 3.09. The number of carbonyl (C=O) groups excluding carboxylic acids is 1. The fourth-order valence-corrected chi connectivity index (χ4v) is 3.50. The zero-order valence-electron chi connectivity index (χ0n) is 16.8. The van der Waals surface area contributed by atoms with Crippen molar-refractivity contribution in [1.82, 2.24) is 19.7 Å². The van der Waals surface area contributed by atoms with E-state index in [0.29, 0.717) is 32.1 Å². The minimum Gasteiger partial charge on any atom is -0.497 e. The standard InChI is InChI=1S/C22H24N4O4/c1-29-18-9-5-8-17(12-18)14-23-20(27)13-19-21-24-26(15-16-6-3-2-4-7-16)22(28)25(21)10-11-30-19/h2-9,12,19H,10-11,13-15H2,1H3,(H,23,27). The molecule has 0 saturated carbocycles. The first-order valence-electron chi connectivity index (χ1n) is 9.87. The minimum atomic E-state index is -0.547. The Labute approximate surface area is 174 Å². The van der Waals surface area contributed by atoms with Gasteiger partial charge in [0.15, 0.2) is 5.82 Å². The third-order valence-corrected chi connectivity index (χ3v) is 5.04. The van der Waals surface area contributed by atoms with Gasteiger partial charge < -0.3 is 14.8 Å². The third-order valence-electron chi connectivity index (χ3n) is 5.04. The van der Waals surface area contributed by atoms with E-state index in [9.17, 15) is 9.59 Å². The Balaban J connectivity index is 1.43. The predicted octanol–water partition coefficient (Wildman–Crippen LogP) is 1.88. The molecule has 4 rings (SSSR count). The van der Waals surface area contributed by atoms with Crippen molar-refractivity contribution in [2.75, 3.05) is 13.7 Å². The molecule has 1 amide bonds. The van der Waals surface area contributed by atoms with Crippen LogP contribution in [-0.2, 0) is 29.2 Å². The van der Waals surface area contributed by atoms with Gasteiger partial charge in [-0.3, -0.25) is 9.36 Å². The summed E-state index contributed by atoms with van der Waals surface area (Å²) in [5.41, 5.74) is 1.75. The Morgan fingerprint density at radius 2 is 2.00 bits per heavy atom. The molecule has 2 heterocycles. The summed E-state index contributed by atoms with van der Waals surface area (Å²) < 4.78 is 14.0. The number of nitrogens with zero attached hydrogens (tertiary/aromatic N) is 3. The topological polar surface area (TPSA) is 87.4 Å². The number of hydrogen-bond donors (Lipinski definition) is 1. The predicted molar refractivity (Wildman–Crippen MR) is 110 cm³/mol. The number of carbonyl (C=O) groups is 1. The third kappa shape index (κ3) is 4.44. The lowest BCUT2D eigenvalue weighted by Crippen LogP contribution is -2.33. The van der Waals surface area contributed by atoms with Crippen molar-refractivity contribution >= 4 is 5.91 Å². The van der Waals surface area contributed by atoms with Gasteiger partial charge in [-0.05, 0) is 23.3 Å². The van der Waals surface area contributed by atoms with E-state index in [-0.39, 0.29) is 18.0 Å². The molecule has 0 spiro atoms. The number of rotatable bonds is 7. The molecule has 1 atom stereocenters. The van der Waals surface area contributed by atoms with Gasteiger partial charge in [0.25, 0.3) is 0 Å². The monoisotopic (exact) mass is 408 g/mol. The zero-order valence-corrected chi connectivity index (χ0v) is 16.8. The van der Waals surface area contributed by atoms with Gasteiger partial charge >= 0.3 is 5.69 Å². The molecule has 1 aromatic heterocycles. The molecule has 156 valence electrons. The molecule has 3 aromatic rings. The number of nitrogens with one attached hydrogen (secondary N) is 1. The smallest absolute Gasteiger partial charge is 0.346 e. The fraction of sp³-hybridized carbons (Fsp3) is 0.318. The number of fused-ring (bicyclic) bond motifs is 1. The van der Waals surface area contributed by atoms with E-state index in [4.69, 9.17) is 9.47 Å². The molecule has 1 aliphatic heterocycles. The lowest BCUT2D eigenvalue weighted by atomic mass is 10.2. The number of aromatic nitrogens is 3. The van der Waals surface area contributed by atoms with Crippen LogP contribution in [0, 0.1) is 0 Å². The van der Waals surface area contributed by atoms with Crippen LogP contribution in [0.4, 0.5) is 0 Å². The maximum absolute atomic E-state index is 12.7. The first-order valence-corrected chi connectivity index (χ1v) is 9.87. The molecular weight excluding hydrogens is 384 g/mol. The highest BCUT2D eigenvalue weighted by Gasteiger charge is 2.28. The molecule has 1 N–H and O–H groups in total. The van der Waals surface area contributed by atoms with Gasteiger partial charge in [0.2, 0.25) is 5.91 Å². The second-order valence-electron chi connectivity index (χ2n) is 7.13. The lowest BCUT2D eigenvalue weighted by molar-refractivity contribution is -0.125. The summed E-state index contributed by atoms with van der Waals surface area (Å²) in [6.07, 6.45) is -0.444. The number of hydrogen-bond acceptors (Lipinski definition) is 5. The molecule has 0 bridgehead atoms. The van der Waals surface area contributed by atoms with E-state index in [1.165, 1.54) is 4.68 Å². The van der Waals surface area contributed by atoms with Gasteiger partial charge in [0, 0.05) is 6.54 Å². The Bertz CT molecular complexity index is 1070.